The standard InChI is InChI=1S/C22H21ClN8/c1-3-22-8-5-10-30(22)19-17(31-14(2)27-28-20(22)31)13-25-21(26-19)29-11-9-24-18(29)15-6-4-7-16(23)12-15/h4,6-7,9,11-13H,3,5,8,10H2,1-2H3. The molecule has 1 saturated heterocycles. The van der Waals surface area contributed by atoms with Crippen LogP contribution in [0.15, 0.2) is 42.9 Å². The van der Waals surface area contributed by atoms with Gasteiger partial charge in [-0.2, -0.15) is 4.98 Å². The van der Waals surface area contributed by atoms with Crippen molar-refractivity contribution in [3.8, 4) is 23.0 Å². The zero-order valence-electron chi connectivity index (χ0n) is 17.3. The van der Waals surface area contributed by atoms with Crippen LogP contribution in [0.3, 0.4) is 0 Å². The summed E-state index contributed by atoms with van der Waals surface area (Å²) in [7, 11) is 0. The summed E-state index contributed by atoms with van der Waals surface area (Å²) >= 11 is 6.21. The van der Waals surface area contributed by atoms with Crippen molar-refractivity contribution in [2.24, 2.45) is 0 Å². The highest BCUT2D eigenvalue weighted by Gasteiger charge is 2.50. The van der Waals surface area contributed by atoms with Crippen molar-refractivity contribution in [2.45, 2.75) is 38.6 Å². The lowest BCUT2D eigenvalue weighted by Gasteiger charge is -2.42. The van der Waals surface area contributed by atoms with Gasteiger partial charge >= 0.3 is 0 Å². The van der Waals surface area contributed by atoms with E-state index in [-0.39, 0.29) is 5.54 Å². The van der Waals surface area contributed by atoms with E-state index in [2.05, 4.69) is 31.6 Å². The Hall–Kier alpha value is -3.26. The number of halogens is 1. The SMILES string of the molecule is CCC12CCCN1c1nc(-n3ccnc3-c3cccc(Cl)c3)ncc1-n1c(C)nnc12. The van der Waals surface area contributed by atoms with Gasteiger partial charge in [0.15, 0.2) is 11.6 Å². The molecule has 8 nitrogen and oxygen atoms in total. The van der Waals surface area contributed by atoms with Gasteiger partial charge in [0.05, 0.1) is 6.20 Å². The number of aryl methyl sites for hydroxylation is 1. The van der Waals surface area contributed by atoms with Crippen LogP contribution in [0.25, 0.3) is 23.0 Å². The number of imidazole rings is 1. The normalized spacial score (nSPS) is 19.3. The number of fused-ring (bicyclic) bond motifs is 6. The van der Waals surface area contributed by atoms with E-state index in [0.29, 0.717) is 11.0 Å². The Bertz CT molecular complexity index is 1310. The Morgan fingerprint density at radius 3 is 2.94 bits per heavy atom. The number of anilines is 1. The van der Waals surface area contributed by atoms with Crippen LogP contribution in [0.4, 0.5) is 5.82 Å². The number of rotatable bonds is 3. The van der Waals surface area contributed by atoms with Crippen LogP contribution in [0.1, 0.15) is 37.8 Å². The Labute approximate surface area is 184 Å². The van der Waals surface area contributed by atoms with Crippen LogP contribution in [0.5, 0.6) is 0 Å². The maximum Gasteiger partial charge on any atom is 0.237 e. The molecule has 4 aromatic rings. The Kier molecular flexibility index (Phi) is 3.95. The highest BCUT2D eigenvalue weighted by molar-refractivity contribution is 6.30. The van der Waals surface area contributed by atoms with Gasteiger partial charge in [0.25, 0.3) is 0 Å². The molecule has 1 unspecified atom stereocenters. The summed E-state index contributed by atoms with van der Waals surface area (Å²) in [6.07, 6.45) is 8.59. The summed E-state index contributed by atoms with van der Waals surface area (Å²) in [5.41, 5.74) is 1.67. The monoisotopic (exact) mass is 432 g/mol. The molecule has 5 heterocycles. The van der Waals surface area contributed by atoms with Crippen molar-refractivity contribution in [1.29, 1.82) is 0 Å². The fraction of sp³-hybridized carbons (Fsp3) is 0.318. The van der Waals surface area contributed by atoms with Crippen LogP contribution in [0, 0.1) is 6.92 Å². The number of nitrogens with zero attached hydrogens (tertiary/aromatic N) is 8. The Morgan fingerprint density at radius 2 is 2.10 bits per heavy atom. The number of benzene rings is 1. The lowest BCUT2D eigenvalue weighted by molar-refractivity contribution is 0.381. The van der Waals surface area contributed by atoms with Gasteiger partial charge in [0.1, 0.15) is 22.9 Å². The second-order valence-corrected chi connectivity index (χ2v) is 8.49. The van der Waals surface area contributed by atoms with Crippen molar-refractivity contribution in [2.75, 3.05) is 11.4 Å². The lowest BCUT2D eigenvalue weighted by Crippen LogP contribution is -2.47. The summed E-state index contributed by atoms with van der Waals surface area (Å²) < 4.78 is 4.03. The molecule has 1 fully saturated rings. The van der Waals surface area contributed by atoms with E-state index < -0.39 is 0 Å². The van der Waals surface area contributed by atoms with Crippen LogP contribution in [-0.4, -0.2) is 40.8 Å². The minimum absolute atomic E-state index is 0.176. The molecule has 0 aliphatic carbocycles. The molecule has 0 amide bonds. The molecule has 0 radical (unpaired) electrons. The molecule has 0 bridgehead atoms. The molecule has 0 N–H and O–H groups in total. The summed E-state index contributed by atoms with van der Waals surface area (Å²) in [6.45, 7) is 5.14. The third-order valence-corrected chi connectivity index (χ3v) is 6.72. The summed E-state index contributed by atoms with van der Waals surface area (Å²) in [5, 5.41) is 9.62. The first-order valence-electron chi connectivity index (χ1n) is 10.5. The number of hydrogen-bond donors (Lipinski definition) is 0. The van der Waals surface area contributed by atoms with E-state index in [0.717, 1.165) is 60.3 Å². The van der Waals surface area contributed by atoms with Gasteiger partial charge in [-0.1, -0.05) is 30.7 Å². The smallest absolute Gasteiger partial charge is 0.237 e. The van der Waals surface area contributed by atoms with Gasteiger partial charge in [0, 0.05) is 29.5 Å². The van der Waals surface area contributed by atoms with Gasteiger partial charge in [0.2, 0.25) is 5.95 Å². The largest absolute Gasteiger partial charge is 0.342 e. The Balaban J connectivity index is 1.54. The second kappa shape index (κ2) is 6.62. The number of aromatic nitrogens is 7. The zero-order chi connectivity index (χ0) is 21.2. The molecule has 6 rings (SSSR count). The van der Waals surface area contributed by atoms with Gasteiger partial charge < -0.3 is 4.90 Å². The minimum atomic E-state index is -0.176. The quantitative estimate of drug-likeness (QED) is 0.485. The van der Waals surface area contributed by atoms with Gasteiger partial charge in [-0.15, -0.1) is 10.2 Å². The first-order valence-corrected chi connectivity index (χ1v) is 10.9. The van der Waals surface area contributed by atoms with E-state index in [4.69, 9.17) is 21.6 Å². The topological polar surface area (TPSA) is 77.5 Å². The van der Waals surface area contributed by atoms with Gasteiger partial charge in [-0.3, -0.25) is 9.13 Å². The maximum atomic E-state index is 6.21. The first-order chi connectivity index (χ1) is 15.1. The third-order valence-electron chi connectivity index (χ3n) is 6.49. The predicted octanol–water partition coefficient (Wildman–Crippen LogP) is 4.09. The summed E-state index contributed by atoms with van der Waals surface area (Å²) in [6, 6.07) is 7.65. The van der Waals surface area contributed by atoms with Crippen molar-refractivity contribution in [1.82, 2.24) is 34.3 Å². The van der Waals surface area contributed by atoms with E-state index >= 15 is 0 Å². The summed E-state index contributed by atoms with van der Waals surface area (Å²) in [4.78, 5) is 16.7. The molecule has 3 aromatic heterocycles. The van der Waals surface area contributed by atoms with E-state index in [1.807, 2.05) is 48.1 Å². The molecule has 1 aromatic carbocycles. The molecular formula is C22H21ClN8. The molecule has 31 heavy (non-hydrogen) atoms. The lowest BCUT2D eigenvalue weighted by atomic mass is 9.90. The van der Waals surface area contributed by atoms with Crippen LogP contribution in [0.2, 0.25) is 5.02 Å². The predicted molar refractivity (Wildman–Crippen MR) is 118 cm³/mol. The van der Waals surface area contributed by atoms with Crippen LogP contribution < -0.4 is 4.90 Å². The second-order valence-electron chi connectivity index (χ2n) is 8.06. The average Bonchev–Trinajstić information content (AvgIpc) is 3.52. The van der Waals surface area contributed by atoms with E-state index in [9.17, 15) is 0 Å². The van der Waals surface area contributed by atoms with Crippen molar-refractivity contribution < 1.29 is 0 Å². The fourth-order valence-corrected chi connectivity index (χ4v) is 5.22. The maximum absolute atomic E-state index is 6.21. The molecule has 2 aliphatic heterocycles. The third kappa shape index (κ3) is 2.51. The minimum Gasteiger partial charge on any atom is -0.342 e. The summed E-state index contributed by atoms with van der Waals surface area (Å²) in [5.74, 6) is 4.11. The molecular weight excluding hydrogens is 412 g/mol. The molecule has 0 saturated carbocycles. The van der Waals surface area contributed by atoms with Crippen LogP contribution in [-0.2, 0) is 5.54 Å². The van der Waals surface area contributed by atoms with Crippen LogP contribution >= 0.6 is 11.6 Å². The van der Waals surface area contributed by atoms with Crippen molar-refractivity contribution in [3.05, 3.63) is 59.5 Å². The highest BCUT2D eigenvalue weighted by Crippen LogP contribution is 2.49. The molecule has 9 heteroatoms. The average molecular weight is 433 g/mol. The van der Waals surface area contributed by atoms with E-state index in [1.165, 1.54) is 0 Å². The molecule has 0 spiro atoms. The number of hydrogen-bond acceptors (Lipinski definition) is 6. The zero-order valence-corrected chi connectivity index (χ0v) is 18.1. The van der Waals surface area contributed by atoms with Crippen molar-refractivity contribution >= 4 is 17.4 Å². The highest BCUT2D eigenvalue weighted by atomic mass is 35.5. The van der Waals surface area contributed by atoms with Gasteiger partial charge in [-0.25, -0.2) is 9.97 Å². The fourth-order valence-electron chi connectivity index (χ4n) is 5.03. The first kappa shape index (κ1) is 18.5. The Morgan fingerprint density at radius 1 is 1.19 bits per heavy atom. The molecule has 2 aliphatic rings. The molecule has 1 atom stereocenters. The van der Waals surface area contributed by atoms with E-state index in [1.54, 1.807) is 6.20 Å². The van der Waals surface area contributed by atoms with Gasteiger partial charge in [-0.05, 0) is 38.3 Å². The molecule has 156 valence electrons. The van der Waals surface area contributed by atoms with Crippen molar-refractivity contribution in [3.63, 3.8) is 0 Å².